The van der Waals surface area contributed by atoms with Gasteiger partial charge in [-0.25, -0.2) is 4.39 Å². The van der Waals surface area contributed by atoms with Gasteiger partial charge in [0.25, 0.3) is 0 Å². The highest BCUT2D eigenvalue weighted by atomic mass is 32.2. The summed E-state index contributed by atoms with van der Waals surface area (Å²) in [5.41, 5.74) is 0.516. The molecule has 0 aliphatic rings. The quantitative estimate of drug-likeness (QED) is 0.797. The van der Waals surface area contributed by atoms with Crippen molar-refractivity contribution in [3.63, 3.8) is 0 Å². The molecule has 6 nitrogen and oxygen atoms in total. The number of thioether (sulfide) groups is 1. The topological polar surface area (TPSA) is 63.9 Å². The molecule has 0 saturated carbocycles. The summed E-state index contributed by atoms with van der Waals surface area (Å²) < 4.78 is 14.6. The summed E-state index contributed by atoms with van der Waals surface area (Å²) >= 11 is 1.23. The number of aromatic nitrogens is 4. The first kappa shape index (κ1) is 14.4. The van der Waals surface area contributed by atoms with Gasteiger partial charge in [0.15, 0.2) is 0 Å². The summed E-state index contributed by atoms with van der Waals surface area (Å²) in [5.74, 6) is -0.407. The van der Waals surface area contributed by atoms with Gasteiger partial charge in [-0.05, 0) is 35.5 Å². The monoisotopic (exact) mass is 295 g/mol. The van der Waals surface area contributed by atoms with E-state index in [4.69, 9.17) is 0 Å². The third-order valence-electron chi connectivity index (χ3n) is 2.56. The predicted molar refractivity (Wildman–Crippen MR) is 73.1 cm³/mol. The fourth-order valence-corrected chi connectivity index (χ4v) is 2.55. The van der Waals surface area contributed by atoms with Gasteiger partial charge >= 0.3 is 0 Å². The van der Waals surface area contributed by atoms with Crippen molar-refractivity contribution in [1.82, 2.24) is 25.1 Å². The molecule has 0 fully saturated rings. The largest absolute Gasteiger partial charge is 0.348 e. The molecular weight excluding hydrogens is 281 g/mol. The Labute approximate surface area is 120 Å². The molecule has 1 aromatic carbocycles. The Morgan fingerprint density at radius 1 is 1.45 bits per heavy atom. The normalized spacial score (nSPS) is 12.2. The van der Waals surface area contributed by atoms with Crippen LogP contribution in [0.5, 0.6) is 0 Å². The summed E-state index contributed by atoms with van der Waals surface area (Å²) in [4.78, 5) is 13.3. The van der Waals surface area contributed by atoms with Crippen molar-refractivity contribution in [3.8, 4) is 5.69 Å². The van der Waals surface area contributed by atoms with Crippen LogP contribution in [0.25, 0.3) is 5.69 Å². The maximum atomic E-state index is 13.2. The van der Waals surface area contributed by atoms with E-state index < -0.39 is 0 Å². The molecule has 106 valence electrons. The number of hydrogen-bond donors (Lipinski definition) is 0. The molecule has 0 radical (unpaired) electrons. The van der Waals surface area contributed by atoms with Crippen molar-refractivity contribution in [3.05, 3.63) is 30.1 Å². The van der Waals surface area contributed by atoms with Crippen LogP contribution in [0.3, 0.4) is 0 Å². The van der Waals surface area contributed by atoms with Crippen molar-refractivity contribution in [2.75, 3.05) is 14.1 Å². The Balaban J connectivity index is 2.23. The number of rotatable bonds is 4. The first-order valence-corrected chi connectivity index (χ1v) is 6.79. The van der Waals surface area contributed by atoms with Gasteiger partial charge in [-0.2, -0.15) is 4.68 Å². The van der Waals surface area contributed by atoms with Crippen LogP contribution in [0.2, 0.25) is 0 Å². The standard InChI is InChI=1S/C12H14FN5OS/c1-8(11(19)17(2)3)20-12-14-15-16-18(12)10-6-4-5-9(13)7-10/h4-8H,1-3H3. The van der Waals surface area contributed by atoms with Crippen LogP contribution in [0.1, 0.15) is 6.92 Å². The van der Waals surface area contributed by atoms with Crippen LogP contribution in [0.15, 0.2) is 29.4 Å². The number of hydrogen-bond acceptors (Lipinski definition) is 5. The second-order valence-corrected chi connectivity index (χ2v) is 5.65. The van der Waals surface area contributed by atoms with Gasteiger partial charge in [0, 0.05) is 14.1 Å². The minimum Gasteiger partial charge on any atom is -0.348 e. The molecule has 1 amide bonds. The number of carbonyl (C=O) groups excluding carboxylic acids is 1. The van der Waals surface area contributed by atoms with E-state index in [0.29, 0.717) is 10.8 Å². The number of carbonyl (C=O) groups is 1. The molecule has 0 saturated heterocycles. The molecule has 1 atom stereocenters. The van der Waals surface area contributed by atoms with Gasteiger partial charge in [0.2, 0.25) is 11.1 Å². The van der Waals surface area contributed by atoms with Gasteiger partial charge in [0.05, 0.1) is 10.9 Å². The van der Waals surface area contributed by atoms with E-state index in [1.54, 1.807) is 33.2 Å². The highest BCUT2D eigenvalue weighted by Gasteiger charge is 2.20. The van der Waals surface area contributed by atoms with E-state index in [0.717, 1.165) is 0 Å². The van der Waals surface area contributed by atoms with Crippen molar-refractivity contribution in [2.24, 2.45) is 0 Å². The average molecular weight is 295 g/mol. The van der Waals surface area contributed by atoms with E-state index in [9.17, 15) is 9.18 Å². The summed E-state index contributed by atoms with van der Waals surface area (Å²) in [6, 6.07) is 5.95. The summed E-state index contributed by atoms with van der Waals surface area (Å²) in [7, 11) is 3.38. The van der Waals surface area contributed by atoms with Gasteiger partial charge in [-0.1, -0.05) is 17.8 Å². The van der Waals surface area contributed by atoms with Crippen LogP contribution in [0.4, 0.5) is 4.39 Å². The highest BCUT2D eigenvalue weighted by molar-refractivity contribution is 8.00. The molecule has 20 heavy (non-hydrogen) atoms. The summed E-state index contributed by atoms with van der Waals surface area (Å²) in [6.45, 7) is 1.78. The third-order valence-corrected chi connectivity index (χ3v) is 3.58. The molecule has 2 aromatic rings. The van der Waals surface area contributed by atoms with Crippen molar-refractivity contribution < 1.29 is 9.18 Å². The van der Waals surface area contributed by atoms with Crippen LogP contribution >= 0.6 is 11.8 Å². The number of nitrogens with zero attached hydrogens (tertiary/aromatic N) is 5. The summed E-state index contributed by atoms with van der Waals surface area (Å²) in [5, 5.41) is 11.4. The Morgan fingerprint density at radius 3 is 2.85 bits per heavy atom. The van der Waals surface area contributed by atoms with Gasteiger partial charge in [-0.3, -0.25) is 4.79 Å². The summed E-state index contributed by atoms with van der Waals surface area (Å²) in [6.07, 6.45) is 0. The molecule has 0 aliphatic carbocycles. The van der Waals surface area contributed by atoms with Crippen molar-refractivity contribution in [2.45, 2.75) is 17.3 Å². The van der Waals surface area contributed by atoms with E-state index in [2.05, 4.69) is 15.5 Å². The fourth-order valence-electron chi connectivity index (χ4n) is 1.59. The number of benzene rings is 1. The lowest BCUT2D eigenvalue weighted by Crippen LogP contribution is -2.29. The Bertz CT molecular complexity index is 615. The van der Waals surface area contributed by atoms with Crippen molar-refractivity contribution >= 4 is 17.7 Å². The van der Waals surface area contributed by atoms with Gasteiger partial charge < -0.3 is 4.90 Å². The highest BCUT2D eigenvalue weighted by Crippen LogP contribution is 2.23. The third kappa shape index (κ3) is 3.13. The molecule has 1 aromatic heterocycles. The van der Waals surface area contributed by atoms with Gasteiger partial charge in [0.1, 0.15) is 5.82 Å². The van der Waals surface area contributed by atoms with E-state index in [-0.39, 0.29) is 17.0 Å². The molecule has 1 heterocycles. The first-order chi connectivity index (χ1) is 9.49. The molecule has 0 aliphatic heterocycles. The zero-order valence-corrected chi connectivity index (χ0v) is 12.1. The smallest absolute Gasteiger partial charge is 0.235 e. The van der Waals surface area contributed by atoms with E-state index >= 15 is 0 Å². The molecule has 0 spiro atoms. The van der Waals surface area contributed by atoms with Crippen LogP contribution < -0.4 is 0 Å². The van der Waals surface area contributed by atoms with E-state index in [1.165, 1.54) is 33.5 Å². The van der Waals surface area contributed by atoms with Crippen LogP contribution in [0, 0.1) is 5.82 Å². The maximum absolute atomic E-state index is 13.2. The molecule has 2 rings (SSSR count). The lowest BCUT2D eigenvalue weighted by molar-refractivity contribution is -0.127. The zero-order valence-electron chi connectivity index (χ0n) is 11.3. The van der Waals surface area contributed by atoms with Gasteiger partial charge in [-0.15, -0.1) is 5.10 Å². The number of amides is 1. The Hall–Kier alpha value is -1.96. The molecule has 0 bridgehead atoms. The average Bonchev–Trinajstić information content (AvgIpc) is 2.85. The second-order valence-electron chi connectivity index (χ2n) is 4.35. The minimum absolute atomic E-state index is 0.0382. The lowest BCUT2D eigenvalue weighted by Gasteiger charge is -2.15. The minimum atomic E-state index is -0.369. The van der Waals surface area contributed by atoms with E-state index in [1.807, 2.05) is 0 Å². The molecule has 0 N–H and O–H groups in total. The second kappa shape index (κ2) is 6.00. The predicted octanol–water partition coefficient (Wildman–Crippen LogP) is 1.37. The van der Waals surface area contributed by atoms with Crippen molar-refractivity contribution in [1.29, 1.82) is 0 Å². The Morgan fingerprint density at radius 2 is 2.20 bits per heavy atom. The molecular formula is C12H14FN5OS. The Kier molecular flexibility index (Phi) is 4.33. The van der Waals surface area contributed by atoms with Crippen LogP contribution in [-0.2, 0) is 4.79 Å². The first-order valence-electron chi connectivity index (χ1n) is 5.91. The fraction of sp³-hybridized carbons (Fsp3) is 0.333. The van der Waals surface area contributed by atoms with Crippen LogP contribution in [-0.4, -0.2) is 50.4 Å². The number of tetrazole rings is 1. The zero-order chi connectivity index (χ0) is 14.7. The molecule has 1 unspecified atom stereocenters. The SMILES string of the molecule is CC(Sc1nnnn1-c1cccc(F)c1)C(=O)N(C)C. The maximum Gasteiger partial charge on any atom is 0.235 e. The molecule has 8 heteroatoms. The number of halogens is 1. The lowest BCUT2D eigenvalue weighted by atomic mass is 10.3.